The monoisotopic (exact) mass is 226 g/mol. The summed E-state index contributed by atoms with van der Waals surface area (Å²) in [4.78, 5) is 7.72. The van der Waals surface area contributed by atoms with Gasteiger partial charge in [-0.05, 0) is 12.8 Å². The van der Waals surface area contributed by atoms with Crippen LogP contribution in [-0.2, 0) is 0 Å². The second-order valence-corrected chi connectivity index (χ2v) is 4.15. The number of rotatable bonds is 5. The summed E-state index contributed by atoms with van der Waals surface area (Å²) >= 11 is 0. The van der Waals surface area contributed by atoms with Gasteiger partial charge in [-0.1, -0.05) is 0 Å². The molecule has 1 aromatic rings. The molecule has 0 spiro atoms. The molecule has 0 aliphatic heterocycles. The quantitative estimate of drug-likeness (QED) is 0.694. The Morgan fingerprint density at radius 1 is 1.56 bits per heavy atom. The van der Waals surface area contributed by atoms with E-state index in [1.807, 2.05) is 0 Å². The predicted molar refractivity (Wildman–Crippen MR) is 58.8 cm³/mol. The van der Waals surface area contributed by atoms with E-state index in [2.05, 4.69) is 20.6 Å². The number of hydrogen-bond acceptors (Lipinski definition) is 5. The minimum Gasteiger partial charge on any atom is -0.396 e. The molecule has 1 heterocycles. The van der Waals surface area contributed by atoms with E-state index in [4.69, 9.17) is 5.11 Å². The maximum atomic E-state index is 13.3. The molecule has 1 fully saturated rings. The first kappa shape index (κ1) is 11.1. The van der Waals surface area contributed by atoms with E-state index >= 15 is 0 Å². The van der Waals surface area contributed by atoms with Gasteiger partial charge < -0.3 is 15.7 Å². The van der Waals surface area contributed by atoms with Crippen LogP contribution in [0.1, 0.15) is 12.8 Å². The molecular weight excluding hydrogens is 211 g/mol. The Kier molecular flexibility index (Phi) is 2.91. The van der Waals surface area contributed by atoms with Gasteiger partial charge in [-0.15, -0.1) is 0 Å². The first-order valence-electron chi connectivity index (χ1n) is 5.24. The highest BCUT2D eigenvalue weighted by Crippen LogP contribution is 2.44. The van der Waals surface area contributed by atoms with E-state index in [1.165, 1.54) is 0 Å². The summed E-state index contributed by atoms with van der Waals surface area (Å²) in [6.07, 6.45) is 3.07. The van der Waals surface area contributed by atoms with E-state index in [0.717, 1.165) is 19.0 Å². The van der Waals surface area contributed by atoms with Crippen LogP contribution in [-0.4, -0.2) is 35.3 Å². The lowest BCUT2D eigenvalue weighted by atomic mass is 10.1. The average molecular weight is 226 g/mol. The van der Waals surface area contributed by atoms with E-state index in [9.17, 15) is 4.39 Å². The fraction of sp³-hybridized carbons (Fsp3) is 0.600. The van der Waals surface area contributed by atoms with Gasteiger partial charge in [0.05, 0.1) is 12.8 Å². The highest BCUT2D eigenvalue weighted by molar-refractivity contribution is 5.41. The fourth-order valence-electron chi connectivity index (χ4n) is 1.45. The van der Waals surface area contributed by atoms with Crippen LogP contribution in [0.3, 0.4) is 0 Å². The highest BCUT2D eigenvalue weighted by atomic mass is 19.1. The zero-order valence-electron chi connectivity index (χ0n) is 9.13. The molecule has 0 atom stereocenters. The fourth-order valence-corrected chi connectivity index (χ4v) is 1.45. The molecule has 1 aliphatic rings. The molecule has 0 aromatic carbocycles. The van der Waals surface area contributed by atoms with E-state index in [1.54, 1.807) is 7.05 Å². The predicted octanol–water partition coefficient (Wildman–Crippen LogP) is 0.842. The summed E-state index contributed by atoms with van der Waals surface area (Å²) in [6, 6.07) is 0. The smallest absolute Gasteiger partial charge is 0.224 e. The summed E-state index contributed by atoms with van der Waals surface area (Å²) in [5, 5.41) is 14.8. The van der Waals surface area contributed by atoms with Crippen molar-refractivity contribution in [3.8, 4) is 0 Å². The molecule has 1 aliphatic carbocycles. The number of aliphatic hydroxyl groups is 1. The van der Waals surface area contributed by atoms with Crippen LogP contribution in [0.25, 0.3) is 0 Å². The third-order valence-electron chi connectivity index (χ3n) is 2.89. The zero-order chi connectivity index (χ0) is 11.6. The molecule has 5 nitrogen and oxygen atoms in total. The Hall–Kier alpha value is -1.43. The number of aliphatic hydroxyl groups excluding tert-OH is 1. The molecular formula is C10H15FN4O. The van der Waals surface area contributed by atoms with Crippen LogP contribution in [0, 0.1) is 11.2 Å². The van der Waals surface area contributed by atoms with Gasteiger partial charge in [0, 0.05) is 19.0 Å². The largest absolute Gasteiger partial charge is 0.396 e. The molecule has 0 unspecified atom stereocenters. The first-order chi connectivity index (χ1) is 7.69. The second kappa shape index (κ2) is 4.21. The van der Waals surface area contributed by atoms with Crippen molar-refractivity contribution in [2.75, 3.05) is 30.8 Å². The van der Waals surface area contributed by atoms with Crippen molar-refractivity contribution in [3.05, 3.63) is 12.0 Å². The molecule has 1 aromatic heterocycles. The maximum absolute atomic E-state index is 13.3. The number of aromatic nitrogens is 2. The van der Waals surface area contributed by atoms with Gasteiger partial charge in [-0.2, -0.15) is 4.98 Å². The lowest BCUT2D eigenvalue weighted by Crippen LogP contribution is -2.20. The van der Waals surface area contributed by atoms with Crippen LogP contribution >= 0.6 is 0 Å². The summed E-state index contributed by atoms with van der Waals surface area (Å²) < 4.78 is 13.3. The van der Waals surface area contributed by atoms with Crippen molar-refractivity contribution in [2.24, 2.45) is 5.41 Å². The van der Waals surface area contributed by atoms with Crippen LogP contribution in [0.2, 0.25) is 0 Å². The van der Waals surface area contributed by atoms with Crippen molar-refractivity contribution < 1.29 is 9.50 Å². The number of anilines is 2. The summed E-state index contributed by atoms with van der Waals surface area (Å²) in [7, 11) is 1.67. The Morgan fingerprint density at radius 3 is 2.88 bits per heavy atom. The normalized spacial score (nSPS) is 16.9. The van der Waals surface area contributed by atoms with Crippen molar-refractivity contribution in [1.82, 2.24) is 9.97 Å². The Balaban J connectivity index is 2.03. The molecule has 0 bridgehead atoms. The Bertz CT molecular complexity index is 381. The molecule has 16 heavy (non-hydrogen) atoms. The van der Waals surface area contributed by atoms with E-state index in [-0.39, 0.29) is 17.8 Å². The topological polar surface area (TPSA) is 70.1 Å². The van der Waals surface area contributed by atoms with Gasteiger partial charge in [0.2, 0.25) is 5.95 Å². The van der Waals surface area contributed by atoms with Crippen molar-refractivity contribution in [3.63, 3.8) is 0 Å². The minimum atomic E-state index is -0.479. The van der Waals surface area contributed by atoms with Gasteiger partial charge in [-0.25, -0.2) is 9.37 Å². The molecule has 0 saturated heterocycles. The van der Waals surface area contributed by atoms with Crippen LogP contribution in [0.15, 0.2) is 6.20 Å². The Labute approximate surface area is 93.1 Å². The Morgan fingerprint density at radius 2 is 2.31 bits per heavy atom. The molecule has 0 amide bonds. The van der Waals surface area contributed by atoms with Crippen molar-refractivity contribution >= 4 is 11.8 Å². The standard InChI is InChI=1S/C10H15FN4O/c1-12-9-13-4-7(11)8(15-9)14-5-10(6-16)2-3-10/h4,16H,2-3,5-6H2,1H3,(H2,12,13,14,15). The number of hydrogen-bond donors (Lipinski definition) is 3. The lowest BCUT2D eigenvalue weighted by molar-refractivity contribution is 0.219. The third-order valence-corrected chi connectivity index (χ3v) is 2.89. The average Bonchev–Trinajstić information content (AvgIpc) is 3.09. The summed E-state index contributed by atoms with van der Waals surface area (Å²) in [5.41, 5.74) is -0.0722. The maximum Gasteiger partial charge on any atom is 0.224 e. The van der Waals surface area contributed by atoms with Gasteiger partial charge in [0.25, 0.3) is 0 Å². The van der Waals surface area contributed by atoms with E-state index in [0.29, 0.717) is 12.5 Å². The van der Waals surface area contributed by atoms with Gasteiger partial charge in [0.1, 0.15) is 0 Å². The van der Waals surface area contributed by atoms with Crippen LogP contribution in [0.5, 0.6) is 0 Å². The second-order valence-electron chi connectivity index (χ2n) is 4.15. The first-order valence-corrected chi connectivity index (χ1v) is 5.24. The summed E-state index contributed by atoms with van der Waals surface area (Å²) in [5.74, 6) is 0.0737. The van der Waals surface area contributed by atoms with Crippen LogP contribution < -0.4 is 10.6 Å². The number of halogens is 1. The lowest BCUT2D eigenvalue weighted by Gasteiger charge is -2.13. The van der Waals surface area contributed by atoms with Gasteiger partial charge in [-0.3, -0.25) is 0 Å². The molecule has 6 heteroatoms. The molecule has 2 rings (SSSR count). The molecule has 3 N–H and O–H groups in total. The molecule has 88 valence electrons. The van der Waals surface area contributed by atoms with Crippen molar-refractivity contribution in [1.29, 1.82) is 0 Å². The SMILES string of the molecule is CNc1ncc(F)c(NCC2(CO)CC2)n1. The molecule has 1 saturated carbocycles. The van der Waals surface area contributed by atoms with Crippen LogP contribution in [0.4, 0.5) is 16.2 Å². The minimum absolute atomic E-state index is 0.0722. The highest BCUT2D eigenvalue weighted by Gasteiger charge is 2.41. The number of nitrogens with zero attached hydrogens (tertiary/aromatic N) is 2. The number of nitrogens with one attached hydrogen (secondary N) is 2. The molecule has 0 radical (unpaired) electrons. The van der Waals surface area contributed by atoms with Crippen molar-refractivity contribution in [2.45, 2.75) is 12.8 Å². The zero-order valence-corrected chi connectivity index (χ0v) is 9.13. The summed E-state index contributed by atoms with van der Waals surface area (Å²) in [6.45, 7) is 0.673. The third kappa shape index (κ3) is 2.21. The van der Waals surface area contributed by atoms with Gasteiger partial charge in [0.15, 0.2) is 11.6 Å². The van der Waals surface area contributed by atoms with Gasteiger partial charge >= 0.3 is 0 Å². The van der Waals surface area contributed by atoms with E-state index < -0.39 is 5.82 Å².